The number of amides is 2. The van der Waals surface area contributed by atoms with Gasteiger partial charge in [-0.15, -0.1) is 11.3 Å². The minimum absolute atomic E-state index is 0.208. The zero-order chi connectivity index (χ0) is 20.6. The van der Waals surface area contributed by atoms with Crippen LogP contribution >= 0.6 is 11.3 Å². The Kier molecular flexibility index (Phi) is 6.80. The highest BCUT2D eigenvalue weighted by atomic mass is 32.1. The molecule has 7 nitrogen and oxygen atoms in total. The van der Waals surface area contributed by atoms with E-state index >= 15 is 0 Å². The quantitative estimate of drug-likeness (QED) is 0.583. The van der Waals surface area contributed by atoms with Crippen LogP contribution in [0, 0.1) is 13.8 Å². The van der Waals surface area contributed by atoms with Crippen LogP contribution in [0.4, 0.5) is 0 Å². The normalized spacial score (nSPS) is 10.3. The molecule has 150 valence electrons. The van der Waals surface area contributed by atoms with Crippen molar-refractivity contribution in [3.05, 3.63) is 75.7 Å². The summed E-state index contributed by atoms with van der Waals surface area (Å²) in [7, 11) is 0. The molecule has 2 N–H and O–H groups in total. The molecule has 8 heteroatoms. The van der Waals surface area contributed by atoms with Gasteiger partial charge in [0.05, 0.1) is 10.7 Å². The summed E-state index contributed by atoms with van der Waals surface area (Å²) in [5.41, 5.74) is 6.92. The average Bonchev–Trinajstić information content (AvgIpc) is 3.14. The van der Waals surface area contributed by atoms with E-state index in [1.54, 1.807) is 41.7 Å². The van der Waals surface area contributed by atoms with Crippen molar-refractivity contribution < 1.29 is 19.1 Å². The minimum Gasteiger partial charge on any atom is -0.487 e. The number of nitrogens with one attached hydrogen (secondary N) is 2. The first-order valence-electron chi connectivity index (χ1n) is 8.92. The Morgan fingerprint density at radius 3 is 2.48 bits per heavy atom. The Morgan fingerprint density at radius 1 is 1.00 bits per heavy atom. The molecule has 0 aliphatic rings. The van der Waals surface area contributed by atoms with Crippen molar-refractivity contribution in [2.75, 3.05) is 6.61 Å². The summed E-state index contributed by atoms with van der Waals surface area (Å²) in [6.07, 6.45) is 0. The van der Waals surface area contributed by atoms with Crippen molar-refractivity contribution in [1.29, 1.82) is 0 Å². The summed E-state index contributed by atoms with van der Waals surface area (Å²) in [6.45, 7) is 3.98. The molecular formula is C21H21N3O4S. The van der Waals surface area contributed by atoms with Crippen LogP contribution in [0.1, 0.15) is 26.6 Å². The lowest BCUT2D eigenvalue weighted by atomic mass is 10.2. The SMILES string of the molecule is Cc1cccc(OCC(=O)NNC(=O)c2cccc(OCc3csc(C)n3)c2)c1. The van der Waals surface area contributed by atoms with Crippen molar-refractivity contribution in [1.82, 2.24) is 15.8 Å². The van der Waals surface area contributed by atoms with E-state index in [0.717, 1.165) is 16.3 Å². The predicted molar refractivity (Wildman–Crippen MR) is 110 cm³/mol. The van der Waals surface area contributed by atoms with Crippen molar-refractivity contribution >= 4 is 23.2 Å². The summed E-state index contributed by atoms with van der Waals surface area (Å²) in [6, 6.07) is 14.1. The van der Waals surface area contributed by atoms with Gasteiger partial charge in [-0.05, 0) is 49.7 Å². The molecule has 1 aromatic heterocycles. The van der Waals surface area contributed by atoms with E-state index in [1.807, 2.05) is 37.4 Å². The number of thiazole rings is 1. The third kappa shape index (κ3) is 6.32. The van der Waals surface area contributed by atoms with Gasteiger partial charge in [-0.2, -0.15) is 0 Å². The highest BCUT2D eigenvalue weighted by Crippen LogP contribution is 2.16. The first-order chi connectivity index (χ1) is 14.0. The number of hydrogen-bond acceptors (Lipinski definition) is 6. The predicted octanol–water partition coefficient (Wildman–Crippen LogP) is 3.18. The van der Waals surface area contributed by atoms with Crippen LogP contribution in [0.5, 0.6) is 11.5 Å². The number of hydrazine groups is 1. The topological polar surface area (TPSA) is 89.6 Å². The second kappa shape index (κ2) is 9.70. The van der Waals surface area contributed by atoms with Gasteiger partial charge >= 0.3 is 0 Å². The first-order valence-corrected chi connectivity index (χ1v) is 9.80. The van der Waals surface area contributed by atoms with E-state index in [4.69, 9.17) is 9.47 Å². The largest absolute Gasteiger partial charge is 0.487 e. The molecule has 0 aliphatic heterocycles. The number of hydrogen-bond donors (Lipinski definition) is 2. The standard InChI is InChI=1S/C21H21N3O4S/c1-14-5-3-7-18(9-14)28-12-20(25)23-24-21(26)16-6-4-8-19(10-16)27-11-17-13-29-15(2)22-17/h3-10,13H,11-12H2,1-2H3,(H,23,25)(H,24,26). The number of nitrogens with zero attached hydrogens (tertiary/aromatic N) is 1. The third-order valence-electron chi connectivity index (χ3n) is 3.82. The third-order valence-corrected chi connectivity index (χ3v) is 4.65. The maximum absolute atomic E-state index is 12.3. The molecule has 0 saturated carbocycles. The van der Waals surface area contributed by atoms with Crippen molar-refractivity contribution in [2.45, 2.75) is 20.5 Å². The zero-order valence-electron chi connectivity index (χ0n) is 16.1. The van der Waals surface area contributed by atoms with E-state index in [1.165, 1.54) is 0 Å². The molecule has 3 rings (SSSR count). The fourth-order valence-electron chi connectivity index (χ4n) is 2.45. The van der Waals surface area contributed by atoms with Gasteiger partial charge in [0, 0.05) is 10.9 Å². The van der Waals surface area contributed by atoms with E-state index in [2.05, 4.69) is 15.8 Å². The van der Waals surface area contributed by atoms with E-state index in [9.17, 15) is 9.59 Å². The Bertz CT molecular complexity index is 1000. The van der Waals surface area contributed by atoms with Crippen LogP contribution < -0.4 is 20.3 Å². The van der Waals surface area contributed by atoms with Gasteiger partial charge in [-0.1, -0.05) is 18.2 Å². The van der Waals surface area contributed by atoms with Crippen LogP contribution in [0.25, 0.3) is 0 Å². The maximum atomic E-state index is 12.3. The number of rotatable bonds is 7. The van der Waals surface area contributed by atoms with Crippen LogP contribution in [-0.4, -0.2) is 23.4 Å². The lowest BCUT2D eigenvalue weighted by molar-refractivity contribution is -0.123. The smallest absolute Gasteiger partial charge is 0.276 e. The van der Waals surface area contributed by atoms with Gasteiger partial charge in [0.25, 0.3) is 11.8 Å². The molecule has 0 saturated heterocycles. The summed E-state index contributed by atoms with van der Waals surface area (Å²) in [5, 5.41) is 2.90. The molecule has 0 unspecified atom stereocenters. The monoisotopic (exact) mass is 411 g/mol. The van der Waals surface area contributed by atoms with Gasteiger partial charge in [0.1, 0.15) is 18.1 Å². The number of aryl methyl sites for hydroxylation is 2. The second-order valence-electron chi connectivity index (χ2n) is 6.28. The van der Waals surface area contributed by atoms with E-state index in [0.29, 0.717) is 23.7 Å². The highest BCUT2D eigenvalue weighted by Gasteiger charge is 2.10. The van der Waals surface area contributed by atoms with Crippen LogP contribution in [-0.2, 0) is 11.4 Å². The average molecular weight is 411 g/mol. The van der Waals surface area contributed by atoms with Gasteiger partial charge in [0.2, 0.25) is 0 Å². The molecule has 2 aromatic carbocycles. The molecule has 0 aliphatic carbocycles. The van der Waals surface area contributed by atoms with Crippen LogP contribution in [0.3, 0.4) is 0 Å². The molecule has 0 spiro atoms. The molecule has 29 heavy (non-hydrogen) atoms. The van der Waals surface area contributed by atoms with E-state index < -0.39 is 11.8 Å². The Labute approximate surface area is 172 Å². The Balaban J connectivity index is 1.46. The number of aromatic nitrogens is 1. The lowest BCUT2D eigenvalue weighted by Crippen LogP contribution is -2.43. The fraction of sp³-hybridized carbons (Fsp3) is 0.190. The van der Waals surface area contributed by atoms with Crippen LogP contribution in [0.15, 0.2) is 53.9 Å². The van der Waals surface area contributed by atoms with Crippen LogP contribution in [0.2, 0.25) is 0 Å². The zero-order valence-corrected chi connectivity index (χ0v) is 16.9. The summed E-state index contributed by atoms with van der Waals surface area (Å²) in [5.74, 6) is 0.207. The minimum atomic E-state index is -0.467. The highest BCUT2D eigenvalue weighted by molar-refractivity contribution is 7.09. The van der Waals surface area contributed by atoms with Gasteiger partial charge in [0.15, 0.2) is 6.61 Å². The molecule has 1 heterocycles. The molecule has 0 radical (unpaired) electrons. The van der Waals surface area contributed by atoms with Crippen molar-refractivity contribution in [3.8, 4) is 11.5 Å². The Hall–Kier alpha value is -3.39. The molecular weight excluding hydrogens is 390 g/mol. The van der Waals surface area contributed by atoms with Crippen molar-refractivity contribution in [2.24, 2.45) is 0 Å². The lowest BCUT2D eigenvalue weighted by Gasteiger charge is -2.10. The summed E-state index contributed by atoms with van der Waals surface area (Å²) < 4.78 is 11.1. The molecule has 0 bridgehead atoms. The second-order valence-corrected chi connectivity index (χ2v) is 7.34. The van der Waals surface area contributed by atoms with E-state index in [-0.39, 0.29) is 6.61 Å². The first kappa shape index (κ1) is 20.3. The summed E-state index contributed by atoms with van der Waals surface area (Å²) in [4.78, 5) is 28.5. The number of benzene rings is 2. The molecule has 3 aromatic rings. The summed E-state index contributed by atoms with van der Waals surface area (Å²) >= 11 is 1.55. The molecule has 0 atom stereocenters. The number of carbonyl (C=O) groups excluding carboxylic acids is 2. The fourth-order valence-corrected chi connectivity index (χ4v) is 3.04. The van der Waals surface area contributed by atoms with Gasteiger partial charge in [-0.3, -0.25) is 20.4 Å². The maximum Gasteiger partial charge on any atom is 0.276 e. The van der Waals surface area contributed by atoms with Gasteiger partial charge < -0.3 is 9.47 Å². The van der Waals surface area contributed by atoms with Crippen molar-refractivity contribution in [3.63, 3.8) is 0 Å². The number of carbonyl (C=O) groups is 2. The van der Waals surface area contributed by atoms with Gasteiger partial charge in [-0.25, -0.2) is 4.98 Å². The molecule has 0 fully saturated rings. The molecule has 2 amide bonds. The number of ether oxygens (including phenoxy) is 2. The Morgan fingerprint density at radius 2 is 1.76 bits per heavy atom.